The second-order valence-electron chi connectivity index (χ2n) is 4.34. The third kappa shape index (κ3) is 12.2. The summed E-state index contributed by atoms with van der Waals surface area (Å²) in [6.45, 7) is 4.43. The molecule has 0 spiro atoms. The number of hydrogen-bond acceptors (Lipinski definition) is 1. The fourth-order valence-corrected chi connectivity index (χ4v) is 2.04. The summed E-state index contributed by atoms with van der Waals surface area (Å²) in [6.07, 6.45) is 6.46. The highest BCUT2D eigenvalue weighted by Gasteiger charge is 2.10. The van der Waals surface area contributed by atoms with E-state index in [1.165, 1.54) is 19.3 Å². The zero-order valence-corrected chi connectivity index (χ0v) is 10.2. The molecule has 2 N–H and O–H groups in total. The molecule has 0 heterocycles. The monoisotopic (exact) mass is 222 g/mol. The normalized spacial score (nSPS) is 12.4. The molecular weight excluding hydrogens is 199 g/mol. The minimum absolute atomic E-state index is 0.0528. The third-order valence-electron chi connectivity index (χ3n) is 2.23. The minimum atomic E-state index is -3.74. The van der Waals surface area contributed by atoms with E-state index in [0.717, 1.165) is 18.8 Å². The summed E-state index contributed by atoms with van der Waals surface area (Å²) in [5, 5.41) is 0. The Balaban J connectivity index is 3.11. The molecule has 0 bridgehead atoms. The molecule has 0 aliphatic rings. The van der Waals surface area contributed by atoms with Crippen LogP contribution in [0, 0.1) is 5.92 Å². The molecule has 0 saturated heterocycles. The van der Waals surface area contributed by atoms with Crippen molar-refractivity contribution in [2.45, 2.75) is 52.4 Å². The van der Waals surface area contributed by atoms with Gasteiger partial charge in [0, 0.05) is 6.16 Å². The Morgan fingerprint density at radius 3 is 2.00 bits per heavy atom. The topological polar surface area (TPSA) is 57.5 Å². The first-order valence-electron chi connectivity index (χ1n) is 5.46. The zero-order valence-electron chi connectivity index (χ0n) is 9.28. The van der Waals surface area contributed by atoms with Crippen LogP contribution in [0.4, 0.5) is 0 Å². The fourth-order valence-electron chi connectivity index (χ4n) is 1.40. The van der Waals surface area contributed by atoms with Gasteiger partial charge in [-0.2, -0.15) is 0 Å². The number of rotatable bonds is 8. The quantitative estimate of drug-likeness (QED) is 0.490. The molecule has 0 aromatic rings. The molecule has 3 nitrogen and oxygen atoms in total. The van der Waals surface area contributed by atoms with Gasteiger partial charge < -0.3 is 9.79 Å². The van der Waals surface area contributed by atoms with Crippen molar-refractivity contribution in [1.29, 1.82) is 0 Å². The molecule has 0 amide bonds. The third-order valence-corrected chi connectivity index (χ3v) is 3.13. The highest BCUT2D eigenvalue weighted by molar-refractivity contribution is 7.51. The lowest BCUT2D eigenvalue weighted by molar-refractivity contribution is 0.370. The van der Waals surface area contributed by atoms with E-state index >= 15 is 0 Å². The van der Waals surface area contributed by atoms with Crippen LogP contribution in [0.25, 0.3) is 0 Å². The summed E-state index contributed by atoms with van der Waals surface area (Å²) >= 11 is 0. The Morgan fingerprint density at radius 2 is 1.50 bits per heavy atom. The molecule has 0 aromatic carbocycles. The summed E-state index contributed by atoms with van der Waals surface area (Å²) in [7, 11) is -3.74. The lowest BCUT2D eigenvalue weighted by Gasteiger charge is -2.05. The molecule has 0 atom stereocenters. The smallest absolute Gasteiger partial charge is 0.324 e. The predicted molar refractivity (Wildman–Crippen MR) is 59.5 cm³/mol. The van der Waals surface area contributed by atoms with E-state index in [-0.39, 0.29) is 6.16 Å². The average molecular weight is 222 g/mol. The molecule has 0 aliphatic heterocycles. The van der Waals surface area contributed by atoms with E-state index in [4.69, 9.17) is 9.79 Å². The lowest BCUT2D eigenvalue weighted by Crippen LogP contribution is -1.90. The second kappa shape index (κ2) is 7.44. The van der Waals surface area contributed by atoms with E-state index in [1.54, 1.807) is 0 Å². The van der Waals surface area contributed by atoms with Crippen LogP contribution in [0.15, 0.2) is 0 Å². The van der Waals surface area contributed by atoms with Gasteiger partial charge >= 0.3 is 7.60 Å². The maximum Gasteiger partial charge on any atom is 0.325 e. The van der Waals surface area contributed by atoms with Crippen LogP contribution in [0.1, 0.15) is 52.4 Å². The first kappa shape index (κ1) is 14.2. The van der Waals surface area contributed by atoms with Crippen molar-refractivity contribution in [3.05, 3.63) is 0 Å². The Morgan fingerprint density at radius 1 is 1.00 bits per heavy atom. The predicted octanol–water partition coefficient (Wildman–Crippen LogP) is 3.16. The standard InChI is InChI=1S/C10H23O3P/c1-10(2)8-6-4-3-5-7-9-14(11,12)13/h10H,3-9H2,1-2H3,(H2,11,12,13). The first-order chi connectivity index (χ1) is 6.42. The van der Waals surface area contributed by atoms with Gasteiger partial charge in [-0.15, -0.1) is 0 Å². The highest BCUT2D eigenvalue weighted by atomic mass is 31.2. The average Bonchev–Trinajstić information content (AvgIpc) is 2.00. The lowest BCUT2D eigenvalue weighted by atomic mass is 10.0. The summed E-state index contributed by atoms with van der Waals surface area (Å²) < 4.78 is 10.5. The Hall–Kier alpha value is 0.150. The molecule has 4 heteroatoms. The van der Waals surface area contributed by atoms with E-state index < -0.39 is 7.60 Å². The summed E-state index contributed by atoms with van der Waals surface area (Å²) in [4.78, 5) is 17.2. The first-order valence-corrected chi connectivity index (χ1v) is 7.26. The summed E-state index contributed by atoms with van der Waals surface area (Å²) in [6, 6.07) is 0. The maximum absolute atomic E-state index is 10.5. The van der Waals surface area contributed by atoms with Crippen LogP contribution in [-0.4, -0.2) is 15.9 Å². The van der Waals surface area contributed by atoms with Gasteiger partial charge in [0.25, 0.3) is 0 Å². The molecule has 86 valence electrons. The zero-order chi connectivity index (χ0) is 11.0. The van der Waals surface area contributed by atoms with Crippen molar-refractivity contribution in [2.24, 2.45) is 5.92 Å². The molecule has 0 radical (unpaired) electrons. The fraction of sp³-hybridized carbons (Fsp3) is 1.00. The molecule has 0 aliphatic carbocycles. The van der Waals surface area contributed by atoms with E-state index in [1.807, 2.05) is 0 Å². The van der Waals surface area contributed by atoms with Crippen LogP contribution in [0.2, 0.25) is 0 Å². The van der Waals surface area contributed by atoms with Gasteiger partial charge in [-0.25, -0.2) is 0 Å². The number of hydrogen-bond donors (Lipinski definition) is 2. The van der Waals surface area contributed by atoms with Crippen molar-refractivity contribution in [3.63, 3.8) is 0 Å². The van der Waals surface area contributed by atoms with Gasteiger partial charge in [-0.05, 0) is 12.3 Å². The van der Waals surface area contributed by atoms with Crippen molar-refractivity contribution < 1.29 is 14.4 Å². The Labute approximate surface area is 87.1 Å². The Kier molecular flexibility index (Phi) is 7.52. The summed E-state index contributed by atoms with van der Waals surface area (Å²) in [5.74, 6) is 0.769. The van der Waals surface area contributed by atoms with Crippen molar-refractivity contribution in [2.75, 3.05) is 6.16 Å². The number of unbranched alkanes of at least 4 members (excludes halogenated alkanes) is 4. The van der Waals surface area contributed by atoms with Gasteiger partial charge in [0.05, 0.1) is 0 Å². The SMILES string of the molecule is CC(C)CCCCCCCP(=O)(O)O. The molecular formula is C10H23O3P. The van der Waals surface area contributed by atoms with Gasteiger partial charge in [-0.3, -0.25) is 4.57 Å². The van der Waals surface area contributed by atoms with E-state index in [0.29, 0.717) is 6.42 Å². The van der Waals surface area contributed by atoms with Gasteiger partial charge in [0.1, 0.15) is 0 Å². The Bertz CT molecular complexity index is 174. The van der Waals surface area contributed by atoms with Crippen LogP contribution in [0.5, 0.6) is 0 Å². The van der Waals surface area contributed by atoms with Crippen LogP contribution < -0.4 is 0 Å². The minimum Gasteiger partial charge on any atom is -0.324 e. The second-order valence-corrected chi connectivity index (χ2v) is 6.12. The van der Waals surface area contributed by atoms with E-state index in [2.05, 4.69) is 13.8 Å². The molecule has 0 rings (SSSR count). The van der Waals surface area contributed by atoms with Crippen LogP contribution >= 0.6 is 7.60 Å². The van der Waals surface area contributed by atoms with Crippen molar-refractivity contribution >= 4 is 7.60 Å². The van der Waals surface area contributed by atoms with E-state index in [9.17, 15) is 4.57 Å². The van der Waals surface area contributed by atoms with Crippen LogP contribution in [0.3, 0.4) is 0 Å². The summed E-state index contributed by atoms with van der Waals surface area (Å²) in [5.41, 5.74) is 0. The molecule has 0 unspecified atom stereocenters. The van der Waals surface area contributed by atoms with Gasteiger partial charge in [0.15, 0.2) is 0 Å². The molecule has 14 heavy (non-hydrogen) atoms. The van der Waals surface area contributed by atoms with Gasteiger partial charge in [0.2, 0.25) is 0 Å². The molecule has 0 fully saturated rings. The molecule has 0 aromatic heterocycles. The maximum atomic E-state index is 10.5. The van der Waals surface area contributed by atoms with Crippen LogP contribution in [-0.2, 0) is 4.57 Å². The largest absolute Gasteiger partial charge is 0.325 e. The highest BCUT2D eigenvalue weighted by Crippen LogP contribution is 2.35. The van der Waals surface area contributed by atoms with Gasteiger partial charge in [-0.1, -0.05) is 46.0 Å². The van der Waals surface area contributed by atoms with Crippen molar-refractivity contribution in [1.82, 2.24) is 0 Å². The van der Waals surface area contributed by atoms with Crippen molar-refractivity contribution in [3.8, 4) is 0 Å². The molecule has 0 saturated carbocycles.